The van der Waals surface area contributed by atoms with E-state index in [9.17, 15) is 9.59 Å². The molecule has 8 heteroatoms. The summed E-state index contributed by atoms with van der Waals surface area (Å²) in [5.74, 6) is -0.401. The Bertz CT molecular complexity index is 587. The summed E-state index contributed by atoms with van der Waals surface area (Å²) in [5.41, 5.74) is 10.4. The molecule has 0 spiro atoms. The van der Waals surface area contributed by atoms with E-state index in [-0.39, 0.29) is 5.84 Å². The van der Waals surface area contributed by atoms with Crippen molar-refractivity contribution in [1.82, 2.24) is 4.90 Å². The van der Waals surface area contributed by atoms with E-state index in [0.717, 1.165) is 4.90 Å². The van der Waals surface area contributed by atoms with Crippen LogP contribution in [-0.2, 0) is 4.79 Å². The van der Waals surface area contributed by atoms with Crippen molar-refractivity contribution >= 4 is 29.2 Å². The maximum absolute atomic E-state index is 11.4. The van der Waals surface area contributed by atoms with E-state index >= 15 is 0 Å². The van der Waals surface area contributed by atoms with Gasteiger partial charge in [0.2, 0.25) is 5.66 Å². The van der Waals surface area contributed by atoms with Crippen molar-refractivity contribution in [3.8, 4) is 0 Å². The van der Waals surface area contributed by atoms with E-state index in [1.165, 1.54) is 6.20 Å². The third kappa shape index (κ3) is 1.22. The van der Waals surface area contributed by atoms with Crippen LogP contribution in [0.1, 0.15) is 6.42 Å². The molecule has 0 aromatic rings. The summed E-state index contributed by atoms with van der Waals surface area (Å²) in [4.78, 5) is 36.4. The summed E-state index contributed by atoms with van der Waals surface area (Å²) in [6, 6.07) is -0.693. The molecule has 0 aromatic carbocycles. The quantitative estimate of drug-likeness (QED) is 0.601. The maximum atomic E-state index is 11.4. The Balaban J connectivity index is 2.12. The zero-order valence-corrected chi connectivity index (χ0v) is 9.33. The van der Waals surface area contributed by atoms with Crippen molar-refractivity contribution in [2.75, 3.05) is 6.54 Å². The predicted molar refractivity (Wildman–Crippen MR) is 64.3 cm³/mol. The number of carbonyl (C=O) groups is 2. The first-order valence-corrected chi connectivity index (χ1v) is 5.32. The zero-order chi connectivity index (χ0) is 12.9. The second kappa shape index (κ2) is 3.25. The number of amides is 3. The number of primary amides is 2. The fourth-order valence-corrected chi connectivity index (χ4v) is 2.08. The largest absolute Gasteiger partial charge is 0.366 e. The van der Waals surface area contributed by atoms with Crippen molar-refractivity contribution in [1.29, 1.82) is 0 Å². The summed E-state index contributed by atoms with van der Waals surface area (Å²) < 4.78 is 0. The second-order valence-electron chi connectivity index (χ2n) is 4.13. The Morgan fingerprint density at radius 1 is 1.33 bits per heavy atom. The van der Waals surface area contributed by atoms with Crippen LogP contribution in [-0.4, -0.2) is 46.3 Å². The monoisotopic (exact) mass is 246 g/mol. The van der Waals surface area contributed by atoms with Crippen molar-refractivity contribution in [2.24, 2.45) is 26.4 Å². The number of nitrogens with two attached hydrogens (primary N) is 2. The van der Waals surface area contributed by atoms with Gasteiger partial charge in [-0.15, -0.1) is 0 Å². The van der Waals surface area contributed by atoms with E-state index < -0.39 is 17.6 Å². The molecule has 2 bridgehead atoms. The third-order valence-electron chi connectivity index (χ3n) is 2.98. The molecular weight excluding hydrogens is 236 g/mol. The van der Waals surface area contributed by atoms with Crippen molar-refractivity contribution in [2.45, 2.75) is 12.1 Å². The fraction of sp³-hybridized carbons (Fsp3) is 0.300. The van der Waals surface area contributed by atoms with E-state index in [1.807, 2.05) is 0 Å². The topological polar surface area (TPSA) is 127 Å². The number of nitrogens with zero attached hydrogens (tertiary/aromatic N) is 4. The van der Waals surface area contributed by atoms with Crippen molar-refractivity contribution in [3.05, 3.63) is 12.3 Å². The molecule has 1 unspecified atom stereocenters. The molecule has 4 aliphatic rings. The fourth-order valence-electron chi connectivity index (χ4n) is 2.08. The predicted octanol–water partition coefficient (Wildman–Crippen LogP) is -1.23. The van der Waals surface area contributed by atoms with Crippen LogP contribution in [0.4, 0.5) is 4.79 Å². The Hall–Kier alpha value is -2.51. The highest BCUT2D eigenvalue weighted by molar-refractivity contribution is 6.71. The smallest absolute Gasteiger partial charge is 0.324 e. The molecule has 1 atom stereocenters. The van der Waals surface area contributed by atoms with Gasteiger partial charge in [-0.25, -0.2) is 14.8 Å². The first-order valence-electron chi connectivity index (χ1n) is 5.32. The molecule has 92 valence electrons. The van der Waals surface area contributed by atoms with Gasteiger partial charge in [-0.05, 0) is 6.08 Å². The molecule has 0 radical (unpaired) electrons. The van der Waals surface area contributed by atoms with Gasteiger partial charge in [-0.2, -0.15) is 0 Å². The van der Waals surface area contributed by atoms with Gasteiger partial charge < -0.3 is 11.5 Å². The lowest BCUT2D eigenvalue weighted by Gasteiger charge is -2.39. The number of carbonyl (C=O) groups excluding carboxylic acids is 2. The molecule has 0 aliphatic carbocycles. The van der Waals surface area contributed by atoms with Gasteiger partial charge in [0, 0.05) is 12.6 Å². The van der Waals surface area contributed by atoms with E-state index in [4.69, 9.17) is 11.5 Å². The number of hydrogen-bond donors (Lipinski definition) is 2. The van der Waals surface area contributed by atoms with Crippen molar-refractivity contribution in [3.63, 3.8) is 0 Å². The molecule has 4 N–H and O–H groups in total. The third-order valence-corrected chi connectivity index (χ3v) is 2.98. The van der Waals surface area contributed by atoms with Crippen molar-refractivity contribution < 1.29 is 9.59 Å². The van der Waals surface area contributed by atoms with Crippen LogP contribution >= 0.6 is 0 Å². The highest BCUT2D eigenvalue weighted by atomic mass is 16.2. The molecule has 0 saturated carbocycles. The van der Waals surface area contributed by atoms with Crippen LogP contribution in [0.3, 0.4) is 0 Å². The number of rotatable bonds is 1. The summed E-state index contributed by atoms with van der Waals surface area (Å²) in [6.07, 6.45) is 3.49. The van der Waals surface area contributed by atoms with Gasteiger partial charge in [0.05, 0.1) is 12.3 Å². The SMILES string of the molecule is NC(=O)N1C=CCN=C2C3=NC(C(N)=O)(C3)N=C21. The second-order valence-corrected chi connectivity index (χ2v) is 4.13. The molecule has 18 heavy (non-hydrogen) atoms. The van der Waals surface area contributed by atoms with E-state index in [0.29, 0.717) is 24.4 Å². The van der Waals surface area contributed by atoms with Gasteiger partial charge in [0.15, 0.2) is 5.84 Å². The van der Waals surface area contributed by atoms with Gasteiger partial charge in [-0.1, -0.05) is 0 Å². The Morgan fingerprint density at radius 3 is 2.67 bits per heavy atom. The molecule has 3 amide bonds. The number of urea groups is 1. The first kappa shape index (κ1) is 10.6. The summed E-state index contributed by atoms with van der Waals surface area (Å²) in [7, 11) is 0. The maximum Gasteiger partial charge on any atom is 0.324 e. The van der Waals surface area contributed by atoms with Crippen LogP contribution < -0.4 is 11.5 Å². The van der Waals surface area contributed by atoms with Gasteiger partial charge in [0.1, 0.15) is 5.71 Å². The lowest BCUT2D eigenvalue weighted by Crippen LogP contribution is -2.59. The molecule has 4 rings (SSSR count). The highest BCUT2D eigenvalue weighted by Gasteiger charge is 2.52. The van der Waals surface area contributed by atoms with Crippen LogP contribution in [0, 0.1) is 0 Å². The van der Waals surface area contributed by atoms with Crippen LogP contribution in [0.2, 0.25) is 0 Å². The summed E-state index contributed by atoms with van der Waals surface area (Å²) >= 11 is 0. The number of aliphatic imine (C=N–C) groups is 3. The molecule has 4 heterocycles. The molecule has 0 saturated heterocycles. The van der Waals surface area contributed by atoms with Crippen LogP contribution in [0.15, 0.2) is 27.3 Å². The highest BCUT2D eigenvalue weighted by Crippen LogP contribution is 2.34. The average Bonchev–Trinajstić information content (AvgIpc) is 2.48. The van der Waals surface area contributed by atoms with Gasteiger partial charge >= 0.3 is 6.03 Å². The number of amidine groups is 1. The lowest BCUT2D eigenvalue weighted by atomic mass is 9.88. The van der Waals surface area contributed by atoms with E-state index in [1.54, 1.807) is 6.08 Å². The Morgan fingerprint density at radius 2 is 2.06 bits per heavy atom. The zero-order valence-electron chi connectivity index (χ0n) is 9.33. The molecular formula is C10H10N6O2. The first-order chi connectivity index (χ1) is 8.53. The van der Waals surface area contributed by atoms with Gasteiger partial charge in [0.25, 0.3) is 5.91 Å². The summed E-state index contributed by atoms with van der Waals surface area (Å²) in [5, 5.41) is 0. The molecule has 0 aromatic heterocycles. The van der Waals surface area contributed by atoms with Gasteiger partial charge in [-0.3, -0.25) is 14.7 Å². The Labute approximate surface area is 102 Å². The van der Waals surface area contributed by atoms with Crippen LogP contribution in [0.25, 0.3) is 0 Å². The minimum absolute atomic E-state index is 0.242. The molecule has 0 fully saturated rings. The lowest BCUT2D eigenvalue weighted by molar-refractivity contribution is -0.123. The minimum Gasteiger partial charge on any atom is -0.366 e. The number of hydrogen-bond acceptors (Lipinski definition) is 5. The average molecular weight is 246 g/mol. The normalized spacial score (nSPS) is 28.2. The Kier molecular flexibility index (Phi) is 1.92. The molecule has 4 aliphatic heterocycles. The molecule has 8 nitrogen and oxygen atoms in total. The van der Waals surface area contributed by atoms with Crippen LogP contribution in [0.5, 0.6) is 0 Å². The standard InChI is InChI=1S/C10H10N6O2/c11-8(17)10-4-5(14-10)6-7(15-10)16(9(12)18)3-1-2-13-6/h1,3H,2,4H2,(H2,11,17)(H2,12,18). The summed E-state index contributed by atoms with van der Waals surface area (Å²) in [6.45, 7) is 0.403. The minimum atomic E-state index is -1.28. The van der Waals surface area contributed by atoms with E-state index in [2.05, 4.69) is 15.0 Å².